The maximum atomic E-state index is 3.79. The SMILES string of the molecule is CCNC1CCC(C(C)(C)C)CC1SC1CCCC(C)C1. The fraction of sp³-hybridized carbons (Fsp3) is 1.00. The molecular formula is C19H37NS. The van der Waals surface area contributed by atoms with Gasteiger partial charge in [0.2, 0.25) is 0 Å². The molecule has 0 radical (unpaired) electrons. The Balaban J connectivity index is 1.96. The first-order chi connectivity index (χ1) is 9.90. The molecule has 5 atom stereocenters. The topological polar surface area (TPSA) is 12.0 Å². The minimum Gasteiger partial charge on any atom is -0.313 e. The van der Waals surface area contributed by atoms with Crippen LogP contribution in [0.4, 0.5) is 0 Å². The van der Waals surface area contributed by atoms with Crippen molar-refractivity contribution >= 4 is 11.8 Å². The lowest BCUT2D eigenvalue weighted by Crippen LogP contribution is -2.45. The van der Waals surface area contributed by atoms with Gasteiger partial charge in [0.15, 0.2) is 0 Å². The molecule has 0 amide bonds. The van der Waals surface area contributed by atoms with Gasteiger partial charge in [-0.25, -0.2) is 0 Å². The largest absolute Gasteiger partial charge is 0.313 e. The van der Waals surface area contributed by atoms with Gasteiger partial charge in [-0.3, -0.25) is 0 Å². The van der Waals surface area contributed by atoms with Gasteiger partial charge in [0.1, 0.15) is 0 Å². The summed E-state index contributed by atoms with van der Waals surface area (Å²) in [6, 6.07) is 0.760. The van der Waals surface area contributed by atoms with Gasteiger partial charge in [0, 0.05) is 16.5 Å². The zero-order chi connectivity index (χ0) is 15.5. The van der Waals surface area contributed by atoms with Crippen molar-refractivity contribution in [3.05, 3.63) is 0 Å². The summed E-state index contributed by atoms with van der Waals surface area (Å²) in [4.78, 5) is 0. The molecule has 2 saturated carbocycles. The van der Waals surface area contributed by atoms with Gasteiger partial charge in [-0.2, -0.15) is 11.8 Å². The molecule has 0 saturated heterocycles. The van der Waals surface area contributed by atoms with E-state index in [4.69, 9.17) is 0 Å². The predicted octanol–water partition coefficient (Wildman–Crippen LogP) is 5.49. The Hall–Kier alpha value is 0.310. The highest BCUT2D eigenvalue weighted by Gasteiger charge is 2.37. The highest BCUT2D eigenvalue weighted by Crippen LogP contribution is 2.44. The average Bonchev–Trinajstić information content (AvgIpc) is 2.40. The molecule has 2 aliphatic carbocycles. The van der Waals surface area contributed by atoms with Crippen LogP contribution < -0.4 is 5.32 Å². The fourth-order valence-corrected chi connectivity index (χ4v) is 6.31. The first-order valence-electron chi connectivity index (χ1n) is 9.29. The summed E-state index contributed by atoms with van der Waals surface area (Å²) >= 11 is 2.35. The molecule has 1 nitrogen and oxygen atoms in total. The van der Waals surface area contributed by atoms with Crippen LogP contribution in [0.5, 0.6) is 0 Å². The van der Waals surface area contributed by atoms with E-state index in [9.17, 15) is 0 Å². The summed E-state index contributed by atoms with van der Waals surface area (Å²) in [5.74, 6) is 1.86. The van der Waals surface area contributed by atoms with Gasteiger partial charge < -0.3 is 5.32 Å². The molecule has 0 bridgehead atoms. The molecule has 0 aliphatic heterocycles. The average molecular weight is 312 g/mol. The molecule has 0 heterocycles. The summed E-state index contributed by atoms with van der Waals surface area (Å²) < 4.78 is 0. The summed E-state index contributed by atoms with van der Waals surface area (Å²) in [7, 11) is 0. The van der Waals surface area contributed by atoms with E-state index >= 15 is 0 Å². The molecule has 1 N–H and O–H groups in total. The van der Waals surface area contributed by atoms with E-state index < -0.39 is 0 Å². The fourth-order valence-electron chi connectivity index (χ4n) is 4.31. The third-order valence-corrected chi connectivity index (χ3v) is 7.42. The summed E-state index contributed by atoms with van der Waals surface area (Å²) in [5.41, 5.74) is 0.482. The van der Waals surface area contributed by atoms with Crippen molar-refractivity contribution in [2.45, 2.75) is 96.1 Å². The number of nitrogens with one attached hydrogen (secondary N) is 1. The Kier molecular flexibility index (Phi) is 6.50. The lowest BCUT2D eigenvalue weighted by molar-refractivity contribution is 0.165. The van der Waals surface area contributed by atoms with E-state index in [0.29, 0.717) is 5.41 Å². The molecule has 0 spiro atoms. The third-order valence-electron chi connectivity index (χ3n) is 5.74. The standard InChI is InChI=1S/C19H37NS/c1-6-20-17-11-10-15(19(3,4)5)13-18(17)21-16-9-7-8-14(2)12-16/h14-18,20H,6-13H2,1-5H3. The normalized spacial score (nSPS) is 38.4. The first kappa shape index (κ1) is 17.7. The summed E-state index contributed by atoms with van der Waals surface area (Å²) in [6.45, 7) is 13.2. The van der Waals surface area contributed by atoms with Crippen molar-refractivity contribution in [1.29, 1.82) is 0 Å². The van der Waals surface area contributed by atoms with Gasteiger partial charge in [-0.1, -0.05) is 47.5 Å². The number of rotatable bonds is 4. The second-order valence-electron chi connectivity index (χ2n) is 8.61. The van der Waals surface area contributed by atoms with Crippen molar-refractivity contribution in [3.8, 4) is 0 Å². The first-order valence-corrected chi connectivity index (χ1v) is 10.2. The molecule has 21 heavy (non-hydrogen) atoms. The predicted molar refractivity (Wildman–Crippen MR) is 97.1 cm³/mol. The van der Waals surface area contributed by atoms with E-state index in [0.717, 1.165) is 34.9 Å². The van der Waals surface area contributed by atoms with E-state index in [2.05, 4.69) is 51.7 Å². The molecule has 0 aromatic carbocycles. The third kappa shape index (κ3) is 5.16. The molecule has 5 unspecified atom stereocenters. The van der Waals surface area contributed by atoms with E-state index in [-0.39, 0.29) is 0 Å². The highest BCUT2D eigenvalue weighted by molar-refractivity contribution is 8.00. The van der Waals surface area contributed by atoms with Crippen LogP contribution in [-0.4, -0.2) is 23.1 Å². The van der Waals surface area contributed by atoms with Gasteiger partial charge in [-0.15, -0.1) is 0 Å². The minimum atomic E-state index is 0.482. The van der Waals surface area contributed by atoms with Gasteiger partial charge >= 0.3 is 0 Å². The Labute approximate surface area is 137 Å². The van der Waals surface area contributed by atoms with E-state index in [1.807, 2.05) is 0 Å². The number of hydrogen-bond donors (Lipinski definition) is 1. The van der Waals surface area contributed by atoms with Crippen molar-refractivity contribution in [3.63, 3.8) is 0 Å². The van der Waals surface area contributed by atoms with Gasteiger partial charge in [-0.05, 0) is 55.9 Å². The smallest absolute Gasteiger partial charge is 0.0206 e. The minimum absolute atomic E-state index is 0.482. The van der Waals surface area contributed by atoms with E-state index in [1.165, 1.54) is 44.9 Å². The van der Waals surface area contributed by atoms with E-state index in [1.54, 1.807) is 0 Å². The Bertz CT molecular complexity index is 309. The van der Waals surface area contributed by atoms with Gasteiger partial charge in [0.05, 0.1) is 0 Å². The van der Waals surface area contributed by atoms with Crippen molar-refractivity contribution in [2.75, 3.05) is 6.54 Å². The zero-order valence-electron chi connectivity index (χ0n) is 15.0. The maximum absolute atomic E-state index is 3.79. The maximum Gasteiger partial charge on any atom is 0.0206 e. The van der Waals surface area contributed by atoms with Crippen LogP contribution in [0.2, 0.25) is 0 Å². The van der Waals surface area contributed by atoms with Crippen molar-refractivity contribution in [1.82, 2.24) is 5.32 Å². The Morgan fingerprint density at radius 3 is 2.43 bits per heavy atom. The molecule has 2 fully saturated rings. The molecule has 2 heteroatoms. The lowest BCUT2D eigenvalue weighted by Gasteiger charge is -2.43. The second-order valence-corrected chi connectivity index (χ2v) is 10.2. The highest BCUT2D eigenvalue weighted by atomic mass is 32.2. The van der Waals surface area contributed by atoms with Crippen molar-refractivity contribution in [2.24, 2.45) is 17.3 Å². The zero-order valence-corrected chi connectivity index (χ0v) is 15.8. The molecule has 2 rings (SSSR count). The van der Waals surface area contributed by atoms with Crippen LogP contribution in [0.3, 0.4) is 0 Å². The Morgan fingerprint density at radius 1 is 1.05 bits per heavy atom. The summed E-state index contributed by atoms with van der Waals surface area (Å²) in [5, 5.41) is 5.56. The van der Waals surface area contributed by atoms with Crippen LogP contribution in [0.15, 0.2) is 0 Å². The van der Waals surface area contributed by atoms with Crippen LogP contribution in [0, 0.1) is 17.3 Å². The van der Waals surface area contributed by atoms with Crippen LogP contribution >= 0.6 is 11.8 Å². The second kappa shape index (κ2) is 7.73. The molecule has 0 aromatic heterocycles. The quantitative estimate of drug-likeness (QED) is 0.736. The number of thioether (sulfide) groups is 1. The van der Waals surface area contributed by atoms with Crippen LogP contribution in [-0.2, 0) is 0 Å². The molecule has 2 aliphatic rings. The van der Waals surface area contributed by atoms with Crippen LogP contribution in [0.25, 0.3) is 0 Å². The molecule has 124 valence electrons. The monoisotopic (exact) mass is 311 g/mol. The summed E-state index contributed by atoms with van der Waals surface area (Å²) in [6.07, 6.45) is 10.1. The van der Waals surface area contributed by atoms with Crippen molar-refractivity contribution < 1.29 is 0 Å². The molecule has 0 aromatic rings. The van der Waals surface area contributed by atoms with Gasteiger partial charge in [0.25, 0.3) is 0 Å². The van der Waals surface area contributed by atoms with Crippen LogP contribution in [0.1, 0.15) is 79.6 Å². The molecular weight excluding hydrogens is 274 g/mol. The lowest BCUT2D eigenvalue weighted by atomic mass is 9.71. The Morgan fingerprint density at radius 2 is 1.81 bits per heavy atom. The number of hydrogen-bond acceptors (Lipinski definition) is 2.